The van der Waals surface area contributed by atoms with E-state index in [4.69, 9.17) is 4.74 Å². The lowest BCUT2D eigenvalue weighted by Crippen LogP contribution is -2.02. The highest BCUT2D eigenvalue weighted by molar-refractivity contribution is 5.41. The van der Waals surface area contributed by atoms with Crippen LogP contribution in [-0.2, 0) is 6.54 Å². The van der Waals surface area contributed by atoms with Crippen molar-refractivity contribution >= 4 is 0 Å². The zero-order valence-corrected chi connectivity index (χ0v) is 11.6. The van der Waals surface area contributed by atoms with Crippen molar-refractivity contribution < 1.29 is 9.84 Å². The van der Waals surface area contributed by atoms with Crippen LogP contribution in [-0.4, -0.2) is 22.0 Å². The number of aliphatic hydroxyl groups excluding tert-OH is 1. The third kappa shape index (κ3) is 2.96. The SMILES string of the molecule is CCCn1cc(C(O)c2cc(C)ccc2OC)cn1. The van der Waals surface area contributed by atoms with E-state index in [1.54, 1.807) is 13.3 Å². The fraction of sp³-hybridized carbons (Fsp3) is 0.400. The van der Waals surface area contributed by atoms with Gasteiger partial charge in [-0.2, -0.15) is 5.10 Å². The molecule has 0 fully saturated rings. The van der Waals surface area contributed by atoms with Crippen LogP contribution in [0.25, 0.3) is 0 Å². The molecule has 2 aromatic rings. The van der Waals surface area contributed by atoms with E-state index in [2.05, 4.69) is 12.0 Å². The third-order valence-electron chi connectivity index (χ3n) is 3.10. The van der Waals surface area contributed by atoms with Crippen LogP contribution in [0.5, 0.6) is 5.75 Å². The van der Waals surface area contributed by atoms with Gasteiger partial charge >= 0.3 is 0 Å². The average molecular weight is 260 g/mol. The molecule has 1 atom stereocenters. The molecule has 0 aliphatic heterocycles. The molecule has 4 nitrogen and oxygen atoms in total. The van der Waals surface area contributed by atoms with Crippen molar-refractivity contribution in [2.75, 3.05) is 7.11 Å². The van der Waals surface area contributed by atoms with E-state index in [0.29, 0.717) is 5.75 Å². The average Bonchev–Trinajstić information content (AvgIpc) is 2.87. The summed E-state index contributed by atoms with van der Waals surface area (Å²) in [5.41, 5.74) is 2.66. The highest BCUT2D eigenvalue weighted by atomic mass is 16.5. The van der Waals surface area contributed by atoms with Crippen molar-refractivity contribution in [1.82, 2.24) is 9.78 Å². The van der Waals surface area contributed by atoms with Gasteiger partial charge in [0.05, 0.1) is 13.3 Å². The minimum Gasteiger partial charge on any atom is -0.496 e. The Morgan fingerprint density at radius 1 is 1.42 bits per heavy atom. The molecule has 1 unspecified atom stereocenters. The molecular formula is C15H20N2O2. The number of ether oxygens (including phenoxy) is 1. The van der Waals surface area contributed by atoms with Crippen molar-refractivity contribution in [3.05, 3.63) is 47.3 Å². The monoisotopic (exact) mass is 260 g/mol. The number of aryl methyl sites for hydroxylation is 2. The predicted octanol–water partition coefficient (Wildman–Crippen LogP) is 2.69. The van der Waals surface area contributed by atoms with Crippen molar-refractivity contribution in [3.8, 4) is 5.75 Å². The second kappa shape index (κ2) is 5.89. The first-order valence-electron chi connectivity index (χ1n) is 6.50. The van der Waals surface area contributed by atoms with Crippen molar-refractivity contribution in [1.29, 1.82) is 0 Å². The predicted molar refractivity (Wildman–Crippen MR) is 74.3 cm³/mol. The van der Waals surface area contributed by atoms with Crippen LogP contribution in [0.3, 0.4) is 0 Å². The summed E-state index contributed by atoms with van der Waals surface area (Å²) in [6.07, 6.45) is 3.91. The second-order valence-electron chi connectivity index (χ2n) is 4.68. The molecule has 0 bridgehead atoms. The lowest BCUT2D eigenvalue weighted by atomic mass is 10.0. The number of rotatable bonds is 5. The van der Waals surface area contributed by atoms with Crippen LogP contribution >= 0.6 is 0 Å². The summed E-state index contributed by atoms with van der Waals surface area (Å²) in [5, 5.41) is 14.7. The largest absolute Gasteiger partial charge is 0.496 e. The highest BCUT2D eigenvalue weighted by Gasteiger charge is 2.17. The molecule has 1 aromatic carbocycles. The Labute approximate surface area is 113 Å². The maximum Gasteiger partial charge on any atom is 0.125 e. The number of benzene rings is 1. The third-order valence-corrected chi connectivity index (χ3v) is 3.10. The van der Waals surface area contributed by atoms with Gasteiger partial charge in [-0.15, -0.1) is 0 Å². The molecular weight excluding hydrogens is 240 g/mol. The number of aliphatic hydroxyl groups is 1. The molecule has 0 spiro atoms. The summed E-state index contributed by atoms with van der Waals surface area (Å²) < 4.78 is 7.16. The highest BCUT2D eigenvalue weighted by Crippen LogP contribution is 2.30. The number of nitrogens with zero attached hydrogens (tertiary/aromatic N) is 2. The van der Waals surface area contributed by atoms with E-state index < -0.39 is 6.10 Å². The molecule has 1 N–H and O–H groups in total. The Kier molecular flexibility index (Phi) is 4.22. The summed E-state index contributed by atoms with van der Waals surface area (Å²) in [6, 6.07) is 5.79. The van der Waals surface area contributed by atoms with E-state index in [0.717, 1.165) is 29.7 Å². The first-order valence-corrected chi connectivity index (χ1v) is 6.50. The van der Waals surface area contributed by atoms with Gasteiger partial charge in [0, 0.05) is 23.9 Å². The molecule has 0 radical (unpaired) electrons. The molecule has 0 saturated heterocycles. The smallest absolute Gasteiger partial charge is 0.125 e. The van der Waals surface area contributed by atoms with Crippen molar-refractivity contribution in [2.45, 2.75) is 32.9 Å². The Morgan fingerprint density at radius 2 is 2.21 bits per heavy atom. The van der Waals surface area contributed by atoms with Gasteiger partial charge in [-0.3, -0.25) is 4.68 Å². The second-order valence-corrected chi connectivity index (χ2v) is 4.68. The number of hydrogen-bond acceptors (Lipinski definition) is 3. The van der Waals surface area contributed by atoms with Crippen LogP contribution in [0, 0.1) is 6.92 Å². The minimum atomic E-state index is -0.708. The van der Waals surface area contributed by atoms with Crippen molar-refractivity contribution in [3.63, 3.8) is 0 Å². The lowest BCUT2D eigenvalue weighted by Gasteiger charge is -2.14. The van der Waals surface area contributed by atoms with Gasteiger partial charge in [0.25, 0.3) is 0 Å². The zero-order chi connectivity index (χ0) is 13.8. The molecule has 1 heterocycles. The Hall–Kier alpha value is -1.81. The minimum absolute atomic E-state index is 0.696. The van der Waals surface area contributed by atoms with Gasteiger partial charge in [0.1, 0.15) is 11.9 Å². The first kappa shape index (κ1) is 13.6. The topological polar surface area (TPSA) is 47.3 Å². The maximum atomic E-state index is 10.5. The fourth-order valence-electron chi connectivity index (χ4n) is 2.12. The van der Waals surface area contributed by atoms with Gasteiger partial charge < -0.3 is 9.84 Å². The molecule has 0 saturated carbocycles. The van der Waals surface area contributed by atoms with E-state index in [1.165, 1.54) is 0 Å². The quantitative estimate of drug-likeness (QED) is 0.899. The Balaban J connectivity index is 2.31. The van der Waals surface area contributed by atoms with E-state index >= 15 is 0 Å². The van der Waals surface area contributed by atoms with E-state index in [-0.39, 0.29) is 0 Å². The molecule has 2 rings (SSSR count). The van der Waals surface area contributed by atoms with E-state index in [9.17, 15) is 5.11 Å². The molecule has 102 valence electrons. The summed E-state index contributed by atoms with van der Waals surface area (Å²) in [6.45, 7) is 4.95. The fourth-order valence-corrected chi connectivity index (χ4v) is 2.12. The maximum absolute atomic E-state index is 10.5. The number of methoxy groups -OCH3 is 1. The van der Waals surface area contributed by atoms with Gasteiger partial charge in [0.15, 0.2) is 0 Å². The molecule has 1 aromatic heterocycles. The van der Waals surface area contributed by atoms with Gasteiger partial charge in [0.2, 0.25) is 0 Å². The number of hydrogen-bond donors (Lipinski definition) is 1. The van der Waals surface area contributed by atoms with Gasteiger partial charge in [-0.05, 0) is 25.5 Å². The molecule has 0 aliphatic rings. The number of aromatic nitrogens is 2. The van der Waals surface area contributed by atoms with E-state index in [1.807, 2.05) is 36.0 Å². The summed E-state index contributed by atoms with van der Waals surface area (Å²) in [5.74, 6) is 0.696. The Morgan fingerprint density at radius 3 is 2.89 bits per heavy atom. The van der Waals surface area contributed by atoms with Crippen molar-refractivity contribution in [2.24, 2.45) is 0 Å². The van der Waals surface area contributed by atoms with Crippen LogP contribution in [0.1, 0.15) is 36.1 Å². The van der Waals surface area contributed by atoms with Crippen LogP contribution in [0.2, 0.25) is 0 Å². The van der Waals surface area contributed by atoms with Crippen LogP contribution in [0.4, 0.5) is 0 Å². The molecule has 0 aliphatic carbocycles. The van der Waals surface area contributed by atoms with Crippen LogP contribution in [0.15, 0.2) is 30.6 Å². The molecule has 4 heteroatoms. The summed E-state index contributed by atoms with van der Waals surface area (Å²) >= 11 is 0. The van der Waals surface area contributed by atoms with Gasteiger partial charge in [-0.1, -0.05) is 18.6 Å². The lowest BCUT2D eigenvalue weighted by molar-refractivity contribution is 0.214. The standard InChI is InChI=1S/C15H20N2O2/c1-4-7-17-10-12(9-16-17)15(18)13-8-11(2)5-6-14(13)19-3/h5-6,8-10,15,18H,4,7H2,1-3H3. The van der Waals surface area contributed by atoms with Gasteiger partial charge in [-0.25, -0.2) is 0 Å². The zero-order valence-electron chi connectivity index (χ0n) is 11.6. The summed E-state index contributed by atoms with van der Waals surface area (Å²) in [4.78, 5) is 0. The molecule has 0 amide bonds. The Bertz CT molecular complexity index is 549. The van der Waals surface area contributed by atoms with Crippen LogP contribution < -0.4 is 4.74 Å². The summed E-state index contributed by atoms with van der Waals surface area (Å²) in [7, 11) is 1.61. The first-order chi connectivity index (χ1) is 9.15. The molecule has 19 heavy (non-hydrogen) atoms. The normalized spacial score (nSPS) is 12.4.